The Morgan fingerprint density at radius 3 is 2.60 bits per heavy atom. The van der Waals surface area contributed by atoms with Crippen LogP contribution in [0.4, 0.5) is 5.69 Å². The molecule has 1 atom stereocenters. The summed E-state index contributed by atoms with van der Waals surface area (Å²) in [6.45, 7) is 11.2. The number of ether oxygens (including phenoxy) is 2. The Morgan fingerprint density at radius 2 is 1.93 bits per heavy atom. The fourth-order valence-corrected chi connectivity index (χ4v) is 5.09. The van der Waals surface area contributed by atoms with Crippen molar-refractivity contribution < 1.29 is 14.3 Å². The summed E-state index contributed by atoms with van der Waals surface area (Å²) in [5, 5.41) is 0. The predicted molar refractivity (Wildman–Crippen MR) is 119 cm³/mol. The number of carbonyl (C=O) groups excluding carboxylic acids is 1. The van der Waals surface area contributed by atoms with Crippen molar-refractivity contribution in [2.24, 2.45) is 0 Å². The van der Waals surface area contributed by atoms with Gasteiger partial charge in [-0.15, -0.1) is 0 Å². The molecule has 0 unspecified atom stereocenters. The third-order valence-corrected chi connectivity index (χ3v) is 7.14. The highest BCUT2D eigenvalue weighted by atomic mass is 16.5. The van der Waals surface area contributed by atoms with E-state index < -0.39 is 0 Å². The number of likely N-dealkylation sites (N-methyl/N-ethyl adjacent to an activating group) is 1. The van der Waals surface area contributed by atoms with Gasteiger partial charge in [-0.25, -0.2) is 0 Å². The molecule has 0 aromatic heterocycles. The number of nitrogens with zero attached hydrogens (tertiary/aromatic N) is 3. The molecule has 1 aromatic carbocycles. The molecule has 166 valence electrons. The minimum atomic E-state index is -0.156. The largest absolute Gasteiger partial charge is 0.494 e. The van der Waals surface area contributed by atoms with E-state index in [1.807, 2.05) is 11.8 Å². The summed E-state index contributed by atoms with van der Waals surface area (Å²) in [5.74, 6) is 1.07. The van der Waals surface area contributed by atoms with Gasteiger partial charge in [0.15, 0.2) is 0 Å². The van der Waals surface area contributed by atoms with Crippen molar-refractivity contribution in [1.29, 1.82) is 0 Å². The number of morpholine rings is 1. The Bertz CT molecular complexity index is 700. The van der Waals surface area contributed by atoms with E-state index in [9.17, 15) is 4.79 Å². The van der Waals surface area contributed by atoms with Gasteiger partial charge >= 0.3 is 0 Å². The summed E-state index contributed by atoms with van der Waals surface area (Å²) in [4.78, 5) is 18.8. The zero-order valence-corrected chi connectivity index (χ0v) is 18.6. The lowest BCUT2D eigenvalue weighted by molar-refractivity contribution is -0.166. The second kappa shape index (κ2) is 9.56. The molecule has 0 N–H and O–H groups in total. The second-order valence-electron chi connectivity index (χ2n) is 9.09. The summed E-state index contributed by atoms with van der Waals surface area (Å²) in [7, 11) is 0. The van der Waals surface area contributed by atoms with Crippen LogP contribution in [0.25, 0.3) is 0 Å². The third-order valence-electron chi connectivity index (χ3n) is 7.14. The highest BCUT2D eigenvalue weighted by molar-refractivity contribution is 5.78. The molecule has 6 nitrogen and oxygen atoms in total. The molecule has 3 aliphatic rings. The predicted octanol–water partition coefficient (Wildman–Crippen LogP) is 3.16. The maximum Gasteiger partial charge on any atom is 0.248 e. The van der Waals surface area contributed by atoms with Crippen molar-refractivity contribution in [3.05, 3.63) is 24.3 Å². The summed E-state index contributed by atoms with van der Waals surface area (Å²) in [6.07, 6.45) is 5.68. The molecule has 1 aromatic rings. The Hall–Kier alpha value is -1.79. The average molecular weight is 416 g/mol. The van der Waals surface area contributed by atoms with Crippen molar-refractivity contribution in [2.45, 2.75) is 57.6 Å². The molecule has 30 heavy (non-hydrogen) atoms. The van der Waals surface area contributed by atoms with Crippen LogP contribution in [-0.4, -0.2) is 79.8 Å². The van der Waals surface area contributed by atoms with Crippen LogP contribution < -0.4 is 9.64 Å². The maximum atomic E-state index is 11.9. The van der Waals surface area contributed by atoms with Crippen molar-refractivity contribution in [3.8, 4) is 5.75 Å². The summed E-state index contributed by atoms with van der Waals surface area (Å²) in [6, 6.07) is 9.25. The first kappa shape index (κ1) is 21.4. The summed E-state index contributed by atoms with van der Waals surface area (Å²) < 4.78 is 12.0. The zero-order chi connectivity index (χ0) is 21.0. The highest BCUT2D eigenvalue weighted by Crippen LogP contribution is 2.33. The van der Waals surface area contributed by atoms with E-state index in [2.05, 4.69) is 41.0 Å². The smallest absolute Gasteiger partial charge is 0.248 e. The van der Waals surface area contributed by atoms with Crippen LogP contribution in [0.1, 0.15) is 46.0 Å². The first-order valence-corrected chi connectivity index (χ1v) is 11.7. The van der Waals surface area contributed by atoms with Crippen LogP contribution in [0.15, 0.2) is 24.3 Å². The maximum absolute atomic E-state index is 11.9. The van der Waals surface area contributed by atoms with Crippen LogP contribution in [0, 0.1) is 0 Å². The molecule has 3 fully saturated rings. The number of carbonyl (C=O) groups is 1. The molecule has 4 rings (SSSR count). The zero-order valence-electron chi connectivity index (χ0n) is 18.6. The number of piperidine rings is 1. The SMILES string of the molecule is CCN1CC2(CCN(c3ccc(OCCCN4CCC[C@H]4C)cc3)CC2)OCC1=O. The van der Waals surface area contributed by atoms with Crippen LogP contribution in [0.2, 0.25) is 0 Å². The molecule has 3 saturated heterocycles. The normalized spacial score (nSPS) is 24.6. The van der Waals surface area contributed by atoms with Crippen LogP contribution in [-0.2, 0) is 9.53 Å². The Morgan fingerprint density at radius 1 is 1.17 bits per heavy atom. The molecule has 3 aliphatic heterocycles. The van der Waals surface area contributed by atoms with Crippen molar-refractivity contribution in [3.63, 3.8) is 0 Å². The van der Waals surface area contributed by atoms with E-state index in [0.717, 1.165) is 70.4 Å². The number of amides is 1. The second-order valence-corrected chi connectivity index (χ2v) is 9.09. The molecule has 1 amide bonds. The highest BCUT2D eigenvalue weighted by Gasteiger charge is 2.41. The van der Waals surface area contributed by atoms with Crippen LogP contribution in [0.5, 0.6) is 5.75 Å². The van der Waals surface area contributed by atoms with Gasteiger partial charge < -0.3 is 24.2 Å². The lowest BCUT2D eigenvalue weighted by Crippen LogP contribution is -2.58. The fraction of sp³-hybridized carbons (Fsp3) is 0.708. The van der Waals surface area contributed by atoms with E-state index in [4.69, 9.17) is 9.47 Å². The van der Waals surface area contributed by atoms with Gasteiger partial charge in [-0.2, -0.15) is 0 Å². The minimum absolute atomic E-state index is 0.121. The Balaban J connectivity index is 1.21. The lowest BCUT2D eigenvalue weighted by Gasteiger charge is -2.47. The first-order chi connectivity index (χ1) is 14.6. The average Bonchev–Trinajstić information content (AvgIpc) is 3.19. The lowest BCUT2D eigenvalue weighted by atomic mass is 9.89. The number of rotatable bonds is 7. The van der Waals surface area contributed by atoms with Crippen LogP contribution >= 0.6 is 0 Å². The molecular formula is C24H37N3O3. The van der Waals surface area contributed by atoms with E-state index in [-0.39, 0.29) is 18.1 Å². The fourth-order valence-electron chi connectivity index (χ4n) is 5.09. The number of hydrogen-bond acceptors (Lipinski definition) is 5. The van der Waals surface area contributed by atoms with Gasteiger partial charge in [0.2, 0.25) is 5.91 Å². The molecule has 0 bridgehead atoms. The molecular weight excluding hydrogens is 378 g/mol. The van der Waals surface area contributed by atoms with Gasteiger partial charge in [0, 0.05) is 44.5 Å². The van der Waals surface area contributed by atoms with E-state index >= 15 is 0 Å². The Kier molecular flexibility index (Phi) is 6.84. The van der Waals surface area contributed by atoms with Gasteiger partial charge in [-0.05, 0) is 76.8 Å². The number of likely N-dealkylation sites (tertiary alicyclic amines) is 1. The van der Waals surface area contributed by atoms with Gasteiger partial charge in [-0.1, -0.05) is 0 Å². The molecule has 1 spiro atoms. The quantitative estimate of drug-likeness (QED) is 0.640. The van der Waals surface area contributed by atoms with Crippen molar-refractivity contribution >= 4 is 11.6 Å². The monoisotopic (exact) mass is 415 g/mol. The molecule has 0 saturated carbocycles. The molecule has 0 aliphatic carbocycles. The van der Waals surface area contributed by atoms with E-state index in [1.54, 1.807) is 0 Å². The minimum Gasteiger partial charge on any atom is -0.494 e. The molecule has 0 radical (unpaired) electrons. The third kappa shape index (κ3) is 4.92. The summed E-state index contributed by atoms with van der Waals surface area (Å²) >= 11 is 0. The van der Waals surface area contributed by atoms with Gasteiger partial charge in [0.05, 0.1) is 12.2 Å². The van der Waals surface area contributed by atoms with Gasteiger partial charge in [-0.3, -0.25) is 4.79 Å². The van der Waals surface area contributed by atoms with E-state index in [0.29, 0.717) is 0 Å². The standard InChI is InChI=1S/C24H37N3O3/c1-3-25-19-24(30-18-23(25)28)11-15-27(16-12-24)21-7-9-22(10-8-21)29-17-5-14-26-13-4-6-20(26)2/h7-10,20H,3-6,11-19H2,1-2H3/t20-/m1/s1. The van der Waals surface area contributed by atoms with Gasteiger partial charge in [0.25, 0.3) is 0 Å². The van der Waals surface area contributed by atoms with Crippen molar-refractivity contribution in [1.82, 2.24) is 9.80 Å². The first-order valence-electron chi connectivity index (χ1n) is 11.7. The van der Waals surface area contributed by atoms with Gasteiger partial charge in [0.1, 0.15) is 12.4 Å². The number of anilines is 1. The van der Waals surface area contributed by atoms with Crippen molar-refractivity contribution in [2.75, 3.05) is 57.4 Å². The number of benzene rings is 1. The molecule has 3 heterocycles. The summed E-state index contributed by atoms with van der Waals surface area (Å²) in [5.41, 5.74) is 1.08. The number of hydrogen-bond donors (Lipinski definition) is 0. The Labute approximate surface area is 181 Å². The van der Waals surface area contributed by atoms with E-state index in [1.165, 1.54) is 25.1 Å². The topological polar surface area (TPSA) is 45.2 Å². The molecule has 6 heteroatoms. The van der Waals surface area contributed by atoms with Crippen LogP contribution in [0.3, 0.4) is 0 Å².